The number of methoxy groups -OCH3 is 1. The molecule has 4 aromatic rings. The molecule has 6 nitrogen and oxygen atoms in total. The fourth-order valence-corrected chi connectivity index (χ4v) is 4.32. The number of ether oxygens (including phenoxy) is 1. The van der Waals surface area contributed by atoms with Gasteiger partial charge in [-0.15, -0.1) is 0 Å². The molecule has 0 spiro atoms. The van der Waals surface area contributed by atoms with Crippen LogP contribution in [0.25, 0.3) is 27.0 Å². The van der Waals surface area contributed by atoms with Gasteiger partial charge in [0.2, 0.25) is 0 Å². The van der Waals surface area contributed by atoms with Crippen molar-refractivity contribution in [3.8, 4) is 22.7 Å². The SMILES string of the molecule is CCc1ccc(OC)c(-c2nsc3ccc(-n4c(=O)cc(C(F)(F)F)n(C)c4=O)cc23)c1. The lowest BCUT2D eigenvalue weighted by Gasteiger charge is -2.14. The highest BCUT2D eigenvalue weighted by Gasteiger charge is 2.35. The molecule has 10 heteroatoms. The predicted molar refractivity (Wildman–Crippen MR) is 117 cm³/mol. The molecular weight excluding hydrogens is 443 g/mol. The van der Waals surface area contributed by atoms with Gasteiger partial charge in [0, 0.05) is 24.1 Å². The van der Waals surface area contributed by atoms with Crippen molar-refractivity contribution in [1.82, 2.24) is 13.5 Å². The molecule has 32 heavy (non-hydrogen) atoms. The van der Waals surface area contributed by atoms with E-state index in [1.165, 1.54) is 17.6 Å². The number of hydrogen-bond acceptors (Lipinski definition) is 5. The van der Waals surface area contributed by atoms with E-state index >= 15 is 0 Å². The van der Waals surface area contributed by atoms with E-state index in [4.69, 9.17) is 4.74 Å². The van der Waals surface area contributed by atoms with Crippen molar-refractivity contribution < 1.29 is 17.9 Å². The number of aromatic nitrogens is 3. The van der Waals surface area contributed by atoms with Crippen LogP contribution in [0.15, 0.2) is 52.1 Å². The first-order chi connectivity index (χ1) is 15.2. The van der Waals surface area contributed by atoms with E-state index < -0.39 is 23.1 Å². The van der Waals surface area contributed by atoms with E-state index in [9.17, 15) is 22.8 Å². The smallest absolute Gasteiger partial charge is 0.431 e. The summed E-state index contributed by atoms with van der Waals surface area (Å²) < 4.78 is 51.4. The number of hydrogen-bond donors (Lipinski definition) is 0. The van der Waals surface area contributed by atoms with E-state index in [-0.39, 0.29) is 5.69 Å². The van der Waals surface area contributed by atoms with Gasteiger partial charge in [-0.25, -0.2) is 9.36 Å². The van der Waals surface area contributed by atoms with Crippen molar-refractivity contribution in [2.75, 3.05) is 7.11 Å². The van der Waals surface area contributed by atoms with Crippen molar-refractivity contribution in [3.63, 3.8) is 0 Å². The monoisotopic (exact) mass is 461 g/mol. The number of fused-ring (bicyclic) bond motifs is 1. The first-order valence-corrected chi connectivity index (χ1v) is 10.4. The molecule has 2 aromatic carbocycles. The molecule has 0 amide bonds. The van der Waals surface area contributed by atoms with Gasteiger partial charge < -0.3 is 4.74 Å². The first-order valence-electron chi connectivity index (χ1n) is 9.63. The number of benzene rings is 2. The third-order valence-corrected chi connectivity index (χ3v) is 6.08. The molecule has 0 bridgehead atoms. The van der Waals surface area contributed by atoms with Crippen molar-refractivity contribution in [3.05, 3.63) is 74.6 Å². The minimum absolute atomic E-state index is 0.156. The van der Waals surface area contributed by atoms with Gasteiger partial charge in [0.1, 0.15) is 11.4 Å². The Bertz CT molecular complexity index is 1450. The molecule has 4 rings (SSSR count). The summed E-state index contributed by atoms with van der Waals surface area (Å²) >= 11 is 1.24. The number of alkyl halides is 3. The third-order valence-electron chi connectivity index (χ3n) is 5.25. The van der Waals surface area contributed by atoms with Crippen LogP contribution in [0.5, 0.6) is 5.75 Å². The second-order valence-corrected chi connectivity index (χ2v) is 7.95. The molecule has 0 saturated heterocycles. The normalized spacial score (nSPS) is 11.8. The molecule has 0 aliphatic rings. The Labute approximate surface area is 184 Å². The van der Waals surface area contributed by atoms with Gasteiger partial charge in [-0.1, -0.05) is 13.0 Å². The number of nitrogens with zero attached hydrogens (tertiary/aromatic N) is 3. The highest BCUT2D eigenvalue weighted by molar-refractivity contribution is 7.13. The zero-order chi connectivity index (χ0) is 23.2. The summed E-state index contributed by atoms with van der Waals surface area (Å²) in [6.45, 7) is 2.02. The molecule has 2 aromatic heterocycles. The molecule has 0 aliphatic carbocycles. The van der Waals surface area contributed by atoms with Gasteiger partial charge in [0.05, 0.1) is 23.2 Å². The number of halogens is 3. The van der Waals surface area contributed by atoms with Gasteiger partial charge in [-0.2, -0.15) is 17.5 Å². The first kappa shape index (κ1) is 21.8. The lowest BCUT2D eigenvalue weighted by molar-refractivity contribution is -0.144. The summed E-state index contributed by atoms with van der Waals surface area (Å²) in [6, 6.07) is 11.0. The minimum Gasteiger partial charge on any atom is -0.496 e. The van der Waals surface area contributed by atoms with Crippen molar-refractivity contribution >= 4 is 21.6 Å². The second kappa shape index (κ2) is 7.94. The maximum Gasteiger partial charge on any atom is 0.431 e. The maximum atomic E-state index is 13.2. The average molecular weight is 461 g/mol. The molecule has 2 heterocycles. The highest BCUT2D eigenvalue weighted by Crippen LogP contribution is 2.37. The summed E-state index contributed by atoms with van der Waals surface area (Å²) in [4.78, 5) is 25.2. The van der Waals surface area contributed by atoms with Crippen LogP contribution < -0.4 is 16.0 Å². The fraction of sp³-hybridized carbons (Fsp3) is 0.227. The van der Waals surface area contributed by atoms with Crippen LogP contribution in [-0.2, 0) is 19.6 Å². The second-order valence-electron chi connectivity index (χ2n) is 7.14. The Balaban J connectivity index is 1.95. The molecule has 0 aliphatic heterocycles. The van der Waals surface area contributed by atoms with Crippen LogP contribution in [0.1, 0.15) is 18.2 Å². The molecule has 166 valence electrons. The van der Waals surface area contributed by atoms with E-state index in [1.807, 2.05) is 25.1 Å². The topological polar surface area (TPSA) is 66.1 Å². The summed E-state index contributed by atoms with van der Waals surface area (Å²) in [5, 5.41) is 0.660. The predicted octanol–water partition coefficient (Wildman–Crippen LogP) is 4.40. The molecule has 0 fully saturated rings. The summed E-state index contributed by atoms with van der Waals surface area (Å²) in [7, 11) is 2.54. The quantitative estimate of drug-likeness (QED) is 0.452. The maximum absolute atomic E-state index is 13.2. The van der Waals surface area contributed by atoms with Crippen LogP contribution in [0.4, 0.5) is 13.2 Å². The van der Waals surface area contributed by atoms with Gasteiger partial charge in [0.25, 0.3) is 5.56 Å². The standard InChI is InChI=1S/C22H18F3N3O3S/c1-4-12-5-7-16(31-3)14(9-12)20-15-10-13(6-8-17(15)32-26-20)28-19(29)11-18(22(23,24)25)27(2)21(28)30/h5-11H,4H2,1-3H3. The van der Waals surface area contributed by atoms with Crippen molar-refractivity contribution in [2.24, 2.45) is 7.05 Å². The van der Waals surface area contributed by atoms with E-state index in [1.54, 1.807) is 19.2 Å². The van der Waals surface area contributed by atoms with Crippen molar-refractivity contribution in [1.29, 1.82) is 0 Å². The highest BCUT2D eigenvalue weighted by atomic mass is 32.1. The third kappa shape index (κ3) is 3.60. The minimum atomic E-state index is -4.82. The zero-order valence-corrected chi connectivity index (χ0v) is 18.2. The van der Waals surface area contributed by atoms with E-state index in [0.29, 0.717) is 27.5 Å². The Morgan fingerprint density at radius 3 is 2.50 bits per heavy atom. The van der Waals surface area contributed by atoms with Gasteiger partial charge in [-0.3, -0.25) is 9.36 Å². The Morgan fingerprint density at radius 2 is 1.84 bits per heavy atom. The number of aryl methyl sites for hydroxylation is 1. The molecule has 0 unspecified atom stereocenters. The average Bonchev–Trinajstić information content (AvgIpc) is 3.18. The van der Waals surface area contributed by atoms with E-state index in [2.05, 4.69) is 4.37 Å². The molecule has 0 atom stereocenters. The Morgan fingerprint density at radius 1 is 1.09 bits per heavy atom. The van der Waals surface area contributed by atoms with Gasteiger partial charge in [0.15, 0.2) is 0 Å². The lowest BCUT2D eigenvalue weighted by atomic mass is 10.0. The fourth-order valence-electron chi connectivity index (χ4n) is 3.56. The van der Waals surface area contributed by atoms with Crippen LogP contribution in [-0.4, -0.2) is 20.6 Å². The van der Waals surface area contributed by atoms with Gasteiger partial charge in [-0.05, 0) is 53.8 Å². The summed E-state index contributed by atoms with van der Waals surface area (Å²) in [5.41, 5.74) is -0.855. The van der Waals surface area contributed by atoms with Crippen LogP contribution in [0, 0.1) is 0 Å². The van der Waals surface area contributed by atoms with Crippen molar-refractivity contribution in [2.45, 2.75) is 19.5 Å². The summed E-state index contributed by atoms with van der Waals surface area (Å²) in [5.74, 6) is 0.613. The van der Waals surface area contributed by atoms with E-state index in [0.717, 1.165) is 33.9 Å². The number of rotatable bonds is 4. The lowest BCUT2D eigenvalue weighted by Crippen LogP contribution is -2.40. The van der Waals surface area contributed by atoms with Crippen LogP contribution >= 0.6 is 11.5 Å². The molecule has 0 N–H and O–H groups in total. The zero-order valence-electron chi connectivity index (χ0n) is 17.4. The van der Waals surface area contributed by atoms with Crippen LogP contribution in [0.2, 0.25) is 0 Å². The molecule has 0 saturated carbocycles. The Kier molecular flexibility index (Phi) is 5.41. The Hall–Kier alpha value is -3.40. The van der Waals surface area contributed by atoms with Gasteiger partial charge >= 0.3 is 11.9 Å². The van der Waals surface area contributed by atoms with Crippen LogP contribution in [0.3, 0.4) is 0 Å². The molecular formula is C22H18F3N3O3S. The largest absolute Gasteiger partial charge is 0.496 e. The molecule has 0 radical (unpaired) electrons. The summed E-state index contributed by atoms with van der Waals surface area (Å²) in [6.07, 6.45) is -4.01.